The summed E-state index contributed by atoms with van der Waals surface area (Å²) in [6, 6.07) is 0. The fourth-order valence-electron chi connectivity index (χ4n) is 1.04. The highest BCUT2D eigenvalue weighted by atomic mass is 32.2. The molecule has 0 aromatic rings. The van der Waals surface area contributed by atoms with Gasteiger partial charge in [-0.3, -0.25) is 0 Å². The zero-order valence-corrected chi connectivity index (χ0v) is 7.69. The average molecular weight is 260 g/mol. The van der Waals surface area contributed by atoms with Crippen molar-refractivity contribution < 1.29 is 39.2 Å². The van der Waals surface area contributed by atoms with Crippen molar-refractivity contribution in [1.82, 2.24) is 0 Å². The summed E-state index contributed by atoms with van der Waals surface area (Å²) in [6.45, 7) is -0.578. The maximum Gasteiger partial charge on any atom is 0.416 e. The molecule has 2 nitrogen and oxygen atoms in total. The molecular formula is C5H3F7O2S. The van der Waals surface area contributed by atoms with Crippen LogP contribution in [-0.4, -0.2) is 30.5 Å². The van der Waals surface area contributed by atoms with Gasteiger partial charge >= 0.3 is 16.4 Å². The molecule has 1 fully saturated rings. The quantitative estimate of drug-likeness (QED) is 0.624. The van der Waals surface area contributed by atoms with Gasteiger partial charge in [-0.15, -0.1) is 0 Å². The summed E-state index contributed by atoms with van der Waals surface area (Å²) < 4.78 is 109. The van der Waals surface area contributed by atoms with Gasteiger partial charge in [-0.1, -0.05) is 0 Å². The fourth-order valence-corrected chi connectivity index (χ4v) is 2.52. The van der Waals surface area contributed by atoms with Crippen LogP contribution in [0.25, 0.3) is 0 Å². The van der Waals surface area contributed by atoms with Crippen molar-refractivity contribution in [2.75, 3.05) is 0 Å². The summed E-state index contributed by atoms with van der Waals surface area (Å²) in [6.07, 6.45) is 0. The number of alkyl halides is 7. The van der Waals surface area contributed by atoms with Crippen LogP contribution in [0.3, 0.4) is 0 Å². The second-order valence-corrected chi connectivity index (χ2v) is 5.15. The number of hydrogen-bond donors (Lipinski definition) is 0. The average Bonchev–Trinajstić information content (AvgIpc) is 2.04. The zero-order valence-electron chi connectivity index (χ0n) is 6.87. The topological polar surface area (TPSA) is 34.1 Å². The van der Waals surface area contributed by atoms with Gasteiger partial charge in [0.15, 0.2) is 0 Å². The van der Waals surface area contributed by atoms with Crippen LogP contribution in [0.5, 0.6) is 0 Å². The molecule has 0 saturated carbocycles. The van der Waals surface area contributed by atoms with E-state index in [2.05, 4.69) is 0 Å². The summed E-state index contributed by atoms with van der Waals surface area (Å²) >= 11 is 0. The van der Waals surface area contributed by atoms with E-state index in [0.717, 1.165) is 0 Å². The third-order valence-corrected chi connectivity index (χ3v) is 4.17. The number of halogens is 7. The van der Waals surface area contributed by atoms with E-state index in [1.165, 1.54) is 0 Å². The molecule has 1 heterocycles. The molecule has 1 atom stereocenters. The van der Waals surface area contributed by atoms with E-state index >= 15 is 0 Å². The highest BCUT2D eigenvalue weighted by Crippen LogP contribution is 2.64. The summed E-state index contributed by atoms with van der Waals surface area (Å²) in [7, 11) is -6.91. The largest absolute Gasteiger partial charge is 0.416 e. The molecule has 0 spiro atoms. The molecule has 15 heavy (non-hydrogen) atoms. The summed E-state index contributed by atoms with van der Waals surface area (Å²) in [5, 5.41) is -12.0. The van der Waals surface area contributed by atoms with Crippen LogP contribution in [0, 0.1) is 0 Å². The van der Waals surface area contributed by atoms with Crippen molar-refractivity contribution in [3.63, 3.8) is 0 Å². The van der Waals surface area contributed by atoms with Crippen LogP contribution in [0.4, 0.5) is 30.7 Å². The Hall–Kier alpha value is -0.540. The van der Waals surface area contributed by atoms with E-state index < -0.39 is 38.9 Å². The Balaban J connectivity index is 3.71. The molecule has 0 bridgehead atoms. The molecule has 1 saturated heterocycles. The van der Waals surface area contributed by atoms with Crippen molar-refractivity contribution in [2.45, 2.75) is 29.0 Å². The molecule has 0 aliphatic carbocycles. The Morgan fingerprint density at radius 1 is 0.800 bits per heavy atom. The van der Waals surface area contributed by atoms with Crippen LogP contribution in [-0.2, 0) is 9.84 Å². The first-order valence-electron chi connectivity index (χ1n) is 3.31. The lowest BCUT2D eigenvalue weighted by atomic mass is 10.0. The summed E-state index contributed by atoms with van der Waals surface area (Å²) in [5.74, 6) is -5.98. The van der Waals surface area contributed by atoms with Crippen LogP contribution in [0.2, 0.25) is 0 Å². The second kappa shape index (κ2) is 2.41. The molecule has 0 aromatic heterocycles. The Bertz CT molecular complexity index is 364. The molecule has 0 amide bonds. The smallest absolute Gasteiger partial charge is 0.229 e. The first-order chi connectivity index (χ1) is 6.25. The lowest BCUT2D eigenvalue weighted by Gasteiger charge is -2.25. The van der Waals surface area contributed by atoms with Crippen LogP contribution < -0.4 is 0 Å². The molecular weight excluding hydrogens is 257 g/mol. The maximum atomic E-state index is 12.8. The number of hydrogen-bond acceptors (Lipinski definition) is 2. The van der Waals surface area contributed by atoms with E-state index in [1.54, 1.807) is 0 Å². The maximum absolute atomic E-state index is 12.8. The van der Waals surface area contributed by atoms with Crippen molar-refractivity contribution in [3.05, 3.63) is 0 Å². The van der Waals surface area contributed by atoms with Crippen molar-refractivity contribution >= 4 is 9.84 Å². The third kappa shape index (κ3) is 0.894. The first-order valence-corrected chi connectivity index (χ1v) is 4.80. The van der Waals surface area contributed by atoms with Gasteiger partial charge in [0.2, 0.25) is 0 Å². The molecule has 90 valence electrons. The zero-order chi connectivity index (χ0) is 12.5. The Morgan fingerprint density at radius 2 is 1.13 bits per heavy atom. The molecule has 0 radical (unpaired) electrons. The normalized spacial score (nSPS) is 40.3. The molecule has 1 rings (SSSR count). The van der Waals surface area contributed by atoms with Gasteiger partial charge in [-0.25, -0.2) is 12.8 Å². The van der Waals surface area contributed by atoms with Gasteiger partial charge < -0.3 is 0 Å². The number of sulfone groups is 1. The van der Waals surface area contributed by atoms with E-state index in [4.69, 9.17) is 0 Å². The van der Waals surface area contributed by atoms with Gasteiger partial charge in [-0.2, -0.15) is 26.3 Å². The minimum Gasteiger partial charge on any atom is -0.229 e. The van der Waals surface area contributed by atoms with Gasteiger partial charge in [0.25, 0.3) is 15.5 Å². The van der Waals surface area contributed by atoms with E-state index in [0.29, 0.717) is 0 Å². The molecule has 1 aliphatic rings. The fraction of sp³-hybridized carbons (Fsp3) is 1.00. The predicted molar refractivity (Wildman–Crippen MR) is 33.3 cm³/mol. The molecule has 10 heteroatoms. The number of rotatable bonds is 0. The van der Waals surface area contributed by atoms with Crippen molar-refractivity contribution in [3.8, 4) is 0 Å². The first kappa shape index (κ1) is 12.5. The third-order valence-electron chi connectivity index (χ3n) is 2.18. The molecule has 1 aliphatic heterocycles. The van der Waals surface area contributed by atoms with Crippen LogP contribution in [0.15, 0.2) is 0 Å². The van der Waals surface area contributed by atoms with Gasteiger partial charge in [0, 0.05) is 0 Å². The minimum absolute atomic E-state index is 0.578. The van der Waals surface area contributed by atoms with Crippen LogP contribution >= 0.6 is 0 Å². The van der Waals surface area contributed by atoms with E-state index in [-0.39, 0.29) is 0 Å². The summed E-state index contributed by atoms with van der Waals surface area (Å²) in [4.78, 5) is 0. The molecule has 1 unspecified atom stereocenters. The predicted octanol–water partition coefficient (Wildman–Crippen LogP) is 1.96. The van der Waals surface area contributed by atoms with Gasteiger partial charge in [-0.05, 0) is 6.92 Å². The monoisotopic (exact) mass is 260 g/mol. The van der Waals surface area contributed by atoms with Crippen LogP contribution in [0.1, 0.15) is 6.92 Å². The Morgan fingerprint density at radius 3 is 1.20 bits per heavy atom. The summed E-state index contributed by atoms with van der Waals surface area (Å²) in [5.41, 5.74) is -5.15. The Kier molecular flexibility index (Phi) is 2.01. The van der Waals surface area contributed by atoms with Gasteiger partial charge in [0.05, 0.1) is 0 Å². The minimum atomic E-state index is -6.91. The highest BCUT2D eigenvalue weighted by molar-refractivity contribution is 7.94. The highest BCUT2D eigenvalue weighted by Gasteiger charge is 2.94. The van der Waals surface area contributed by atoms with Crippen molar-refractivity contribution in [2.24, 2.45) is 0 Å². The SMILES string of the molecule is CC1(F)C(F)(F)C(F)(F)S(=O)(=O)C1(F)F. The van der Waals surface area contributed by atoms with Crippen molar-refractivity contribution in [1.29, 1.82) is 0 Å². The Labute approximate surface area is 79.0 Å². The van der Waals surface area contributed by atoms with Gasteiger partial charge in [0.1, 0.15) is 0 Å². The second-order valence-electron chi connectivity index (χ2n) is 3.11. The van der Waals surface area contributed by atoms with E-state index in [1.807, 2.05) is 0 Å². The standard InChI is InChI=1S/C5H3F7O2S/c1-2(6)3(7,8)5(11,12)15(13,14)4(2,9)10/h1H3. The lowest BCUT2D eigenvalue weighted by Crippen LogP contribution is -2.52. The van der Waals surface area contributed by atoms with E-state index in [9.17, 15) is 39.2 Å². The lowest BCUT2D eigenvalue weighted by molar-refractivity contribution is -0.244. The molecule has 0 aromatic carbocycles. The molecule has 0 N–H and O–H groups in total.